The van der Waals surface area contributed by atoms with Crippen molar-refractivity contribution < 1.29 is 18.9 Å². The molecule has 312 valence electrons. The first-order valence-electron chi connectivity index (χ1n) is 22.8. The van der Waals surface area contributed by atoms with E-state index in [1.807, 2.05) is 12.1 Å². The molecule has 4 nitrogen and oxygen atoms in total. The van der Waals surface area contributed by atoms with Gasteiger partial charge in [0.15, 0.2) is 0 Å². The lowest BCUT2D eigenvalue weighted by Gasteiger charge is -2.39. The molecule has 4 aliphatic carbocycles. The summed E-state index contributed by atoms with van der Waals surface area (Å²) in [5, 5.41) is 3.17. The van der Waals surface area contributed by atoms with E-state index in [1.54, 1.807) is 39.0 Å². The van der Waals surface area contributed by atoms with Gasteiger partial charge >= 0.3 is 0 Å². The van der Waals surface area contributed by atoms with Crippen LogP contribution in [0.4, 0.5) is 0 Å². The van der Waals surface area contributed by atoms with Crippen molar-refractivity contribution >= 4 is 26.5 Å². The fraction of sp³-hybridized carbons (Fsp3) is 0.538. The molecule has 4 aliphatic rings. The molecule has 0 N–H and O–H groups in total. The van der Waals surface area contributed by atoms with Gasteiger partial charge in [-0.25, -0.2) is 0 Å². The van der Waals surface area contributed by atoms with Crippen LogP contribution in [0.5, 0.6) is 23.0 Å². The summed E-state index contributed by atoms with van der Waals surface area (Å²) in [5.41, 5.74) is 8.45. The van der Waals surface area contributed by atoms with E-state index in [0.717, 1.165) is 56.8 Å². The topological polar surface area (TPSA) is 36.9 Å². The first-order chi connectivity index (χ1) is 28.7. The van der Waals surface area contributed by atoms with Crippen LogP contribution in [-0.4, -0.2) is 51.1 Å². The molecule has 0 spiro atoms. The minimum absolute atomic E-state index is 0.182. The molecule has 0 radical (unpaired) electrons. The zero-order chi connectivity index (χ0) is 40.1. The molecule has 6 heteroatoms. The fourth-order valence-corrected chi connectivity index (χ4v) is 18.8. The highest BCUT2D eigenvalue weighted by molar-refractivity contribution is 7.67. The van der Waals surface area contributed by atoms with Crippen molar-refractivity contribution in [3.05, 3.63) is 84.9 Å². The Balaban J connectivity index is 0.000000177. The summed E-state index contributed by atoms with van der Waals surface area (Å²) in [6, 6.07) is 30.6. The number of benzene rings is 4. The molecule has 0 heterocycles. The summed E-state index contributed by atoms with van der Waals surface area (Å²) in [6.45, 7) is 0. The van der Waals surface area contributed by atoms with Gasteiger partial charge in [-0.15, -0.1) is 0 Å². The van der Waals surface area contributed by atoms with Crippen molar-refractivity contribution in [1.29, 1.82) is 0 Å². The molecule has 0 aromatic heterocycles. The molecule has 4 fully saturated rings. The lowest BCUT2D eigenvalue weighted by molar-refractivity contribution is 0.397. The van der Waals surface area contributed by atoms with E-state index in [-0.39, 0.29) is 15.8 Å². The maximum Gasteiger partial charge on any atom is 0.130 e. The number of hydrogen-bond acceptors (Lipinski definition) is 4. The quantitative estimate of drug-likeness (QED) is 0.133. The largest absolute Gasteiger partial charge is 0.496 e. The molecule has 0 bridgehead atoms. The highest BCUT2D eigenvalue weighted by Gasteiger charge is 2.36. The molecule has 4 aromatic carbocycles. The second-order valence-electron chi connectivity index (χ2n) is 17.1. The Bertz CT molecular complexity index is 1640. The number of ether oxygens (including phenoxy) is 4. The number of hydrogen-bond donors (Lipinski definition) is 0. The molecule has 0 saturated heterocycles. The van der Waals surface area contributed by atoms with E-state index < -0.39 is 0 Å². The second-order valence-corrected chi connectivity index (χ2v) is 22.6. The zero-order valence-electron chi connectivity index (χ0n) is 36.1. The molecule has 4 saturated carbocycles. The maximum atomic E-state index is 5.80. The van der Waals surface area contributed by atoms with E-state index in [4.69, 9.17) is 18.9 Å². The highest BCUT2D eigenvalue weighted by atomic mass is 31.1. The van der Waals surface area contributed by atoms with Crippen LogP contribution >= 0.6 is 15.8 Å². The average molecular weight is 821 g/mol. The van der Waals surface area contributed by atoms with Crippen molar-refractivity contribution in [1.82, 2.24) is 0 Å². The van der Waals surface area contributed by atoms with Gasteiger partial charge < -0.3 is 18.9 Å². The predicted octanol–water partition coefficient (Wildman–Crippen LogP) is 14.3. The summed E-state index contributed by atoms with van der Waals surface area (Å²) >= 11 is 0. The van der Waals surface area contributed by atoms with Crippen LogP contribution in [0.25, 0.3) is 22.3 Å². The highest BCUT2D eigenvalue weighted by Crippen LogP contribution is 2.58. The van der Waals surface area contributed by atoms with Gasteiger partial charge in [0, 0.05) is 0 Å². The lowest BCUT2D eigenvalue weighted by Crippen LogP contribution is -2.27. The molecular formula is C52H70O4P2. The molecule has 0 unspecified atom stereocenters. The van der Waals surface area contributed by atoms with E-state index in [9.17, 15) is 0 Å². The van der Waals surface area contributed by atoms with Gasteiger partial charge in [-0.3, -0.25) is 0 Å². The predicted molar refractivity (Wildman–Crippen MR) is 251 cm³/mol. The van der Waals surface area contributed by atoms with Gasteiger partial charge in [0.25, 0.3) is 0 Å². The third-order valence-corrected chi connectivity index (χ3v) is 20.7. The van der Waals surface area contributed by atoms with E-state index >= 15 is 0 Å². The summed E-state index contributed by atoms with van der Waals surface area (Å²) in [5.74, 6) is 3.66. The van der Waals surface area contributed by atoms with Crippen molar-refractivity contribution in [3.8, 4) is 45.3 Å². The Hall–Kier alpha value is -3.06. The molecule has 4 aromatic rings. The first-order valence-corrected chi connectivity index (χ1v) is 25.8. The number of rotatable bonds is 12. The number of methoxy groups -OCH3 is 4. The molecule has 8 rings (SSSR count). The van der Waals surface area contributed by atoms with Crippen LogP contribution in [0.3, 0.4) is 0 Å². The van der Waals surface area contributed by atoms with Crippen molar-refractivity contribution in [2.45, 2.75) is 151 Å². The molecule has 0 aliphatic heterocycles. The molecule has 58 heavy (non-hydrogen) atoms. The van der Waals surface area contributed by atoms with Gasteiger partial charge in [0.2, 0.25) is 0 Å². The normalized spacial score (nSPS) is 18.7. The van der Waals surface area contributed by atoms with Crippen LogP contribution < -0.4 is 29.6 Å². The minimum Gasteiger partial charge on any atom is -0.496 e. The third-order valence-electron chi connectivity index (χ3n) is 13.6. The van der Waals surface area contributed by atoms with Crippen LogP contribution in [0.1, 0.15) is 128 Å². The Kier molecular flexibility index (Phi) is 16.3. The SMILES string of the molecule is COc1cccc(OC)c1-c1ccccc1P(C1CCCCC1)C1CCCCC1.COc1cccc(OC)c1-c1ccccc1P(C1CCCCC1)C1CCCCC1. The summed E-state index contributed by atoms with van der Waals surface area (Å²) in [6.07, 6.45) is 28.3. The fourth-order valence-electron chi connectivity index (χ4n) is 10.9. The molecular weight excluding hydrogens is 751 g/mol. The maximum absolute atomic E-state index is 5.80. The van der Waals surface area contributed by atoms with E-state index in [0.29, 0.717) is 0 Å². The third kappa shape index (κ3) is 10.1. The van der Waals surface area contributed by atoms with Crippen LogP contribution in [0.15, 0.2) is 84.9 Å². The average Bonchev–Trinajstić information content (AvgIpc) is 3.30. The van der Waals surface area contributed by atoms with E-state index in [2.05, 4.69) is 72.8 Å². The van der Waals surface area contributed by atoms with E-state index in [1.165, 1.54) is 140 Å². The Morgan fingerprint density at radius 3 is 0.845 bits per heavy atom. The van der Waals surface area contributed by atoms with Crippen LogP contribution in [0.2, 0.25) is 0 Å². The van der Waals surface area contributed by atoms with Gasteiger partial charge in [-0.1, -0.05) is 154 Å². The zero-order valence-corrected chi connectivity index (χ0v) is 37.9. The standard InChI is InChI=1S/2C26H35O2P/c2*1-27-23-17-11-18-24(28-2)26(23)22-16-9-10-19-25(22)29(20-12-5-3-6-13-20)21-14-7-4-8-15-21/h2*9-11,16-21H,3-8,12-15H2,1-2H3. The van der Waals surface area contributed by atoms with Crippen molar-refractivity contribution in [2.24, 2.45) is 0 Å². The summed E-state index contributed by atoms with van der Waals surface area (Å²) in [4.78, 5) is 0. The Labute approximate surface area is 353 Å². The first kappa shape index (κ1) is 43.0. The van der Waals surface area contributed by atoms with Gasteiger partial charge in [-0.2, -0.15) is 0 Å². The smallest absolute Gasteiger partial charge is 0.130 e. The van der Waals surface area contributed by atoms with Crippen LogP contribution in [0, 0.1) is 0 Å². The van der Waals surface area contributed by atoms with Crippen molar-refractivity contribution in [2.75, 3.05) is 28.4 Å². The molecule has 0 amide bonds. The minimum atomic E-state index is -0.182. The monoisotopic (exact) mass is 820 g/mol. The Morgan fingerprint density at radius 1 is 0.328 bits per heavy atom. The van der Waals surface area contributed by atoms with Gasteiger partial charge in [-0.05, 0) is 120 Å². The summed E-state index contributed by atoms with van der Waals surface area (Å²) < 4.78 is 23.2. The lowest BCUT2D eigenvalue weighted by atomic mass is 9.99. The second kappa shape index (κ2) is 22.0. The van der Waals surface area contributed by atoms with Gasteiger partial charge in [0.1, 0.15) is 23.0 Å². The van der Waals surface area contributed by atoms with Crippen LogP contribution in [-0.2, 0) is 0 Å². The van der Waals surface area contributed by atoms with Gasteiger partial charge in [0.05, 0.1) is 39.6 Å². The Morgan fingerprint density at radius 2 is 0.586 bits per heavy atom. The summed E-state index contributed by atoms with van der Waals surface area (Å²) in [7, 11) is 6.71. The molecule has 0 atom stereocenters. The van der Waals surface area contributed by atoms with Crippen molar-refractivity contribution in [3.63, 3.8) is 0 Å².